The Morgan fingerprint density at radius 3 is 2.86 bits per heavy atom. The van der Waals surface area contributed by atoms with Crippen molar-refractivity contribution in [1.29, 1.82) is 0 Å². The third kappa shape index (κ3) is 1.51. The van der Waals surface area contributed by atoms with Crippen LogP contribution in [-0.2, 0) is 0 Å². The molecular weight excluding hydrogens is 268 g/mol. The highest BCUT2D eigenvalue weighted by atomic mass is 79.9. The largest absolute Gasteiger partial charge is 0.250 e. The number of halogens is 3. The summed E-state index contributed by atoms with van der Waals surface area (Å²) in [5.41, 5.74) is 1.02. The molecule has 14 heavy (non-hydrogen) atoms. The summed E-state index contributed by atoms with van der Waals surface area (Å²) in [6.45, 7) is 1.78. The van der Waals surface area contributed by atoms with E-state index in [0.717, 1.165) is 0 Å². The molecule has 0 atom stereocenters. The summed E-state index contributed by atoms with van der Waals surface area (Å²) in [6, 6.07) is 5.09. The molecule has 0 amide bonds. The molecule has 0 aliphatic carbocycles. The number of hydrogen-bond donors (Lipinski definition) is 0. The number of fused-ring (bicyclic) bond motifs is 1. The van der Waals surface area contributed by atoms with Crippen molar-refractivity contribution >= 4 is 38.4 Å². The van der Waals surface area contributed by atoms with Crippen LogP contribution < -0.4 is 0 Å². The highest BCUT2D eigenvalue weighted by molar-refractivity contribution is 9.10. The van der Waals surface area contributed by atoms with Crippen LogP contribution in [0, 0.1) is 12.7 Å². The highest BCUT2D eigenvalue weighted by Crippen LogP contribution is 2.28. The lowest BCUT2D eigenvalue weighted by Gasteiger charge is -2.03. The summed E-state index contributed by atoms with van der Waals surface area (Å²) in [6.07, 6.45) is 0. The third-order valence-electron chi connectivity index (χ3n) is 1.95. The number of pyridine rings is 1. The molecular formula is C10H6BrClFN. The lowest BCUT2D eigenvalue weighted by molar-refractivity contribution is 0.630. The summed E-state index contributed by atoms with van der Waals surface area (Å²) < 4.78 is 14.0. The van der Waals surface area contributed by atoms with Gasteiger partial charge in [-0.1, -0.05) is 11.6 Å². The molecule has 72 valence electrons. The Bertz CT molecular complexity index is 513. The first kappa shape index (κ1) is 9.87. The minimum atomic E-state index is -0.367. The first-order chi connectivity index (χ1) is 6.59. The molecule has 0 aliphatic heterocycles. The predicted molar refractivity (Wildman–Crippen MR) is 59.1 cm³/mol. The maximum Gasteiger partial charge on any atom is 0.163 e. The molecule has 0 fully saturated rings. The maximum atomic E-state index is 13.6. The number of nitrogens with zero attached hydrogens (tertiary/aromatic N) is 1. The van der Waals surface area contributed by atoms with Crippen LogP contribution >= 0.6 is 27.5 Å². The average Bonchev–Trinajstić information content (AvgIpc) is 2.12. The minimum absolute atomic E-state index is 0.310. The van der Waals surface area contributed by atoms with E-state index in [0.29, 0.717) is 26.1 Å². The predicted octanol–water partition coefficient (Wildman–Crippen LogP) is 4.10. The first-order valence-corrected chi connectivity index (χ1v) is 5.17. The molecule has 0 unspecified atom stereocenters. The van der Waals surface area contributed by atoms with Gasteiger partial charge in [-0.15, -0.1) is 0 Å². The molecule has 0 N–H and O–H groups in total. The Labute approximate surface area is 94.0 Å². The molecule has 1 aromatic carbocycles. The summed E-state index contributed by atoms with van der Waals surface area (Å²) in [5, 5.41) is 1.16. The summed E-state index contributed by atoms with van der Waals surface area (Å²) in [7, 11) is 0. The Balaban J connectivity index is 2.95. The van der Waals surface area contributed by atoms with Gasteiger partial charge in [0, 0.05) is 11.1 Å². The topological polar surface area (TPSA) is 12.9 Å². The normalized spacial score (nSPS) is 10.9. The van der Waals surface area contributed by atoms with Crippen LogP contribution in [0.2, 0.25) is 5.02 Å². The lowest BCUT2D eigenvalue weighted by atomic mass is 10.2. The molecule has 1 nitrogen and oxygen atoms in total. The molecule has 0 aliphatic rings. The van der Waals surface area contributed by atoms with Gasteiger partial charge in [-0.2, -0.15) is 0 Å². The first-order valence-electron chi connectivity index (χ1n) is 4.00. The number of aryl methyl sites for hydroxylation is 1. The zero-order valence-electron chi connectivity index (χ0n) is 7.31. The molecule has 2 rings (SSSR count). The van der Waals surface area contributed by atoms with Crippen LogP contribution in [0.5, 0.6) is 0 Å². The maximum absolute atomic E-state index is 13.6. The summed E-state index contributed by atoms with van der Waals surface area (Å²) in [4.78, 5) is 4.11. The quantitative estimate of drug-likeness (QED) is 0.705. The fourth-order valence-electron chi connectivity index (χ4n) is 1.31. The number of rotatable bonds is 0. The van der Waals surface area contributed by atoms with Crippen LogP contribution in [0.3, 0.4) is 0 Å². The van der Waals surface area contributed by atoms with Crippen molar-refractivity contribution in [2.45, 2.75) is 6.92 Å². The Hall–Kier alpha value is -0.670. The second kappa shape index (κ2) is 3.48. The summed E-state index contributed by atoms with van der Waals surface area (Å²) in [5.74, 6) is -0.367. The summed E-state index contributed by atoms with van der Waals surface area (Å²) >= 11 is 9.07. The van der Waals surface area contributed by atoms with Crippen molar-refractivity contribution in [3.05, 3.63) is 39.2 Å². The van der Waals surface area contributed by atoms with E-state index >= 15 is 0 Å². The fraction of sp³-hybridized carbons (Fsp3) is 0.100. The smallest absolute Gasteiger partial charge is 0.163 e. The van der Waals surface area contributed by atoms with Gasteiger partial charge in [0.05, 0.1) is 9.50 Å². The van der Waals surface area contributed by atoms with Gasteiger partial charge in [-0.3, -0.25) is 0 Å². The van der Waals surface area contributed by atoms with E-state index in [1.807, 2.05) is 0 Å². The number of hydrogen-bond acceptors (Lipinski definition) is 1. The molecule has 0 saturated carbocycles. The van der Waals surface area contributed by atoms with E-state index in [9.17, 15) is 4.39 Å². The van der Waals surface area contributed by atoms with E-state index in [1.165, 1.54) is 0 Å². The van der Waals surface area contributed by atoms with Gasteiger partial charge in [0.15, 0.2) is 5.82 Å². The second-order valence-corrected chi connectivity index (χ2v) is 4.26. The van der Waals surface area contributed by atoms with Crippen molar-refractivity contribution in [2.75, 3.05) is 0 Å². The van der Waals surface area contributed by atoms with Gasteiger partial charge in [-0.25, -0.2) is 9.37 Å². The molecule has 0 radical (unpaired) electrons. The van der Waals surface area contributed by atoms with Crippen LogP contribution in [0.4, 0.5) is 4.39 Å². The lowest BCUT2D eigenvalue weighted by Crippen LogP contribution is -1.89. The molecule has 1 aromatic heterocycles. The van der Waals surface area contributed by atoms with Crippen molar-refractivity contribution < 1.29 is 4.39 Å². The zero-order valence-corrected chi connectivity index (χ0v) is 9.66. The Kier molecular flexibility index (Phi) is 2.45. The standard InChI is InChI=1S/C10H6BrClFN/c1-5-4-8(12)6-2-3-7(11)9(13)10(6)14-5/h2-4H,1H3. The van der Waals surface area contributed by atoms with E-state index in [1.54, 1.807) is 25.1 Å². The zero-order chi connectivity index (χ0) is 10.3. The Morgan fingerprint density at radius 2 is 2.14 bits per heavy atom. The minimum Gasteiger partial charge on any atom is -0.250 e. The van der Waals surface area contributed by atoms with Crippen LogP contribution in [0.25, 0.3) is 10.9 Å². The van der Waals surface area contributed by atoms with Crippen LogP contribution in [0.1, 0.15) is 5.69 Å². The van der Waals surface area contributed by atoms with Gasteiger partial charge in [0.25, 0.3) is 0 Å². The number of aromatic nitrogens is 1. The van der Waals surface area contributed by atoms with Crippen molar-refractivity contribution in [1.82, 2.24) is 4.98 Å². The van der Waals surface area contributed by atoms with E-state index < -0.39 is 0 Å². The molecule has 0 bridgehead atoms. The van der Waals surface area contributed by atoms with Gasteiger partial charge in [0.2, 0.25) is 0 Å². The van der Waals surface area contributed by atoms with Crippen molar-refractivity contribution in [3.8, 4) is 0 Å². The van der Waals surface area contributed by atoms with Gasteiger partial charge in [-0.05, 0) is 41.1 Å². The van der Waals surface area contributed by atoms with Crippen LogP contribution in [-0.4, -0.2) is 4.98 Å². The molecule has 1 heterocycles. The van der Waals surface area contributed by atoms with E-state index in [2.05, 4.69) is 20.9 Å². The van der Waals surface area contributed by atoms with Gasteiger partial charge >= 0.3 is 0 Å². The van der Waals surface area contributed by atoms with Gasteiger partial charge in [0.1, 0.15) is 5.52 Å². The SMILES string of the molecule is Cc1cc(Cl)c2ccc(Br)c(F)c2n1. The Morgan fingerprint density at radius 1 is 1.43 bits per heavy atom. The molecule has 2 aromatic rings. The van der Waals surface area contributed by atoms with Gasteiger partial charge < -0.3 is 0 Å². The second-order valence-electron chi connectivity index (χ2n) is 3.00. The highest BCUT2D eigenvalue weighted by Gasteiger charge is 2.09. The molecule has 0 saturated heterocycles. The van der Waals surface area contributed by atoms with E-state index in [4.69, 9.17) is 11.6 Å². The molecule has 0 spiro atoms. The van der Waals surface area contributed by atoms with Crippen LogP contribution in [0.15, 0.2) is 22.7 Å². The number of benzene rings is 1. The third-order valence-corrected chi connectivity index (χ3v) is 2.88. The van der Waals surface area contributed by atoms with Crippen molar-refractivity contribution in [3.63, 3.8) is 0 Å². The molecule has 4 heteroatoms. The monoisotopic (exact) mass is 273 g/mol. The van der Waals surface area contributed by atoms with Crippen molar-refractivity contribution in [2.24, 2.45) is 0 Å². The fourth-order valence-corrected chi connectivity index (χ4v) is 1.94. The average molecular weight is 275 g/mol. The van der Waals surface area contributed by atoms with E-state index in [-0.39, 0.29) is 5.82 Å².